The summed E-state index contributed by atoms with van der Waals surface area (Å²) in [5.41, 5.74) is 5.50. The van der Waals surface area contributed by atoms with Crippen molar-refractivity contribution in [1.82, 2.24) is 19.5 Å². The number of nitrogen functional groups attached to an aromatic ring is 1. The molecule has 2 aromatic heterocycles. The molecule has 0 aromatic carbocycles. The molecule has 2 aliphatic rings. The highest BCUT2D eigenvalue weighted by Crippen LogP contribution is 2.49. The smallest absolute Gasteiger partial charge is 0.414 e. The van der Waals surface area contributed by atoms with Crippen LogP contribution in [0.2, 0.25) is 22.2 Å². The van der Waals surface area contributed by atoms with Gasteiger partial charge in [-0.1, -0.05) is 55.4 Å². The molecule has 4 rings (SSSR count). The van der Waals surface area contributed by atoms with E-state index in [9.17, 15) is 13.2 Å². The third-order valence-electron chi connectivity index (χ3n) is 7.57. The Balaban J connectivity index is 1.80. The summed E-state index contributed by atoms with van der Waals surface area (Å²) in [6.07, 6.45) is -8.66. The van der Waals surface area contributed by atoms with E-state index >= 15 is 4.39 Å². The number of hydrogen-bond acceptors (Lipinski definition) is 8. The molecule has 214 valence electrons. The third kappa shape index (κ3) is 4.68. The van der Waals surface area contributed by atoms with Gasteiger partial charge in [-0.25, -0.2) is 19.3 Å². The van der Waals surface area contributed by atoms with Crippen LogP contribution in [0, 0.1) is 0 Å². The molecule has 2 aliphatic heterocycles. The lowest BCUT2D eigenvalue weighted by atomic mass is 10.1. The molecule has 0 saturated carbocycles. The van der Waals surface area contributed by atoms with Crippen LogP contribution in [0.1, 0.15) is 67.4 Å². The Labute approximate surface area is 221 Å². The van der Waals surface area contributed by atoms with E-state index in [2.05, 4.69) is 42.6 Å². The minimum absolute atomic E-state index is 0.0302. The highest BCUT2D eigenvalue weighted by molar-refractivity contribution is 6.84. The summed E-state index contributed by atoms with van der Waals surface area (Å²) < 4.78 is 84.2. The first-order valence-electron chi connectivity index (χ1n) is 12.9. The summed E-state index contributed by atoms with van der Waals surface area (Å²) in [6, 6.07) is 0. The molecule has 4 atom stereocenters. The molecule has 0 radical (unpaired) electrons. The highest BCUT2D eigenvalue weighted by atomic mass is 28.5. The van der Waals surface area contributed by atoms with Gasteiger partial charge in [0.15, 0.2) is 23.9 Å². The first kappa shape index (κ1) is 29.3. The average molecular weight is 580 g/mol. The summed E-state index contributed by atoms with van der Waals surface area (Å²) in [5.74, 6) is -1.89. The zero-order valence-electron chi connectivity index (χ0n) is 22.9. The van der Waals surface area contributed by atoms with Gasteiger partial charge in [0.1, 0.15) is 17.7 Å². The maximum Gasteiger partial charge on any atom is 0.451 e. The van der Waals surface area contributed by atoms with Crippen LogP contribution >= 0.6 is 0 Å². The minimum atomic E-state index is -4.84. The predicted octanol–water partition coefficient (Wildman–Crippen LogP) is 5.62. The van der Waals surface area contributed by atoms with Gasteiger partial charge in [0.2, 0.25) is 5.82 Å². The average Bonchev–Trinajstić information content (AvgIpc) is 3.33. The monoisotopic (exact) mass is 579 g/mol. The molecule has 0 aliphatic carbocycles. The van der Waals surface area contributed by atoms with Gasteiger partial charge in [0.05, 0.1) is 12.9 Å². The molecule has 2 aromatic rings. The van der Waals surface area contributed by atoms with Crippen LogP contribution in [0.4, 0.5) is 23.4 Å². The summed E-state index contributed by atoms with van der Waals surface area (Å²) in [6.45, 7) is 16.4. The molecular formula is C23H37F4N5O4Si2. The molecule has 2 saturated heterocycles. The number of nitrogens with two attached hydrogens (primary N) is 1. The maximum atomic E-state index is 16.3. The first-order chi connectivity index (χ1) is 17.5. The number of anilines is 1. The van der Waals surface area contributed by atoms with E-state index in [0.717, 1.165) is 4.57 Å². The van der Waals surface area contributed by atoms with Gasteiger partial charge in [-0.15, -0.1) is 0 Å². The van der Waals surface area contributed by atoms with Crippen LogP contribution in [0.15, 0.2) is 6.33 Å². The number of alkyl halides is 4. The van der Waals surface area contributed by atoms with Gasteiger partial charge in [-0.3, -0.25) is 4.57 Å². The second-order valence-corrected chi connectivity index (χ2v) is 20.2. The van der Waals surface area contributed by atoms with Crippen LogP contribution in [0.3, 0.4) is 0 Å². The Kier molecular flexibility index (Phi) is 7.77. The second kappa shape index (κ2) is 10.1. The zero-order chi connectivity index (χ0) is 28.4. The number of fused-ring (bicyclic) bond motifs is 2. The Morgan fingerprint density at radius 1 is 0.974 bits per heavy atom. The molecule has 2 N–H and O–H groups in total. The molecule has 2 fully saturated rings. The summed E-state index contributed by atoms with van der Waals surface area (Å²) in [5, 5.41) is 0. The largest absolute Gasteiger partial charge is 0.451 e. The molecule has 0 bridgehead atoms. The van der Waals surface area contributed by atoms with Crippen molar-refractivity contribution in [3.8, 4) is 0 Å². The summed E-state index contributed by atoms with van der Waals surface area (Å²) in [7, 11) is -6.00. The van der Waals surface area contributed by atoms with Crippen molar-refractivity contribution in [3.63, 3.8) is 0 Å². The van der Waals surface area contributed by atoms with E-state index in [-0.39, 0.29) is 39.9 Å². The molecule has 38 heavy (non-hydrogen) atoms. The quantitative estimate of drug-likeness (QED) is 0.359. The molecule has 15 heteroatoms. The van der Waals surface area contributed by atoms with E-state index in [1.54, 1.807) is 0 Å². The Bertz CT molecular complexity index is 1150. The van der Waals surface area contributed by atoms with Crippen LogP contribution in [0.25, 0.3) is 11.2 Å². The van der Waals surface area contributed by atoms with Gasteiger partial charge in [-0.05, 0) is 22.2 Å². The summed E-state index contributed by atoms with van der Waals surface area (Å²) >= 11 is 0. The SMILES string of the molecule is CC(C)[Si]1(C(C)C)OC[C@H]2O[C@@H](n3cnc4c(N)nc(C(F)(F)F)nc43)[C@@H](F)[C@@H]2O[Si](C(C)C)(C(C)C)O1. The number of hydrogen-bond donors (Lipinski definition) is 1. The Morgan fingerprint density at radius 3 is 2.08 bits per heavy atom. The van der Waals surface area contributed by atoms with Gasteiger partial charge >= 0.3 is 23.3 Å². The molecule has 0 unspecified atom stereocenters. The van der Waals surface area contributed by atoms with Crippen molar-refractivity contribution in [1.29, 1.82) is 0 Å². The van der Waals surface area contributed by atoms with Crippen LogP contribution in [-0.4, -0.2) is 61.6 Å². The van der Waals surface area contributed by atoms with Gasteiger partial charge < -0.3 is 23.4 Å². The predicted molar refractivity (Wildman–Crippen MR) is 137 cm³/mol. The molecule has 9 nitrogen and oxygen atoms in total. The third-order valence-corrected chi connectivity index (χ3v) is 17.8. The number of aromatic nitrogens is 4. The minimum Gasteiger partial charge on any atom is -0.414 e. The van der Waals surface area contributed by atoms with Crippen molar-refractivity contribution in [3.05, 3.63) is 12.2 Å². The van der Waals surface area contributed by atoms with E-state index in [1.165, 1.54) is 6.33 Å². The Morgan fingerprint density at radius 2 is 1.55 bits per heavy atom. The molecule has 0 amide bonds. The maximum absolute atomic E-state index is 16.3. The molecular weight excluding hydrogens is 542 g/mol. The van der Waals surface area contributed by atoms with Gasteiger partial charge in [-0.2, -0.15) is 13.2 Å². The van der Waals surface area contributed by atoms with Crippen LogP contribution in [-0.2, 0) is 23.9 Å². The number of halogens is 4. The van der Waals surface area contributed by atoms with Crippen LogP contribution in [0.5, 0.6) is 0 Å². The molecule has 4 heterocycles. The van der Waals surface area contributed by atoms with Gasteiger partial charge in [0, 0.05) is 0 Å². The highest BCUT2D eigenvalue weighted by Gasteiger charge is 2.62. The second-order valence-electron chi connectivity index (χ2n) is 11.3. The fraction of sp³-hybridized carbons (Fsp3) is 0.783. The first-order valence-corrected chi connectivity index (χ1v) is 16.9. The normalized spacial score (nSPS) is 27.9. The zero-order valence-corrected chi connectivity index (χ0v) is 24.9. The number of rotatable bonds is 5. The van der Waals surface area contributed by atoms with Crippen molar-refractivity contribution < 1.29 is 35.3 Å². The van der Waals surface area contributed by atoms with E-state index < -0.39 is 59.5 Å². The van der Waals surface area contributed by atoms with E-state index in [1.807, 2.05) is 27.7 Å². The van der Waals surface area contributed by atoms with Crippen molar-refractivity contribution in [2.24, 2.45) is 0 Å². The Hall–Kier alpha value is -1.66. The summed E-state index contributed by atoms with van der Waals surface area (Å²) in [4.78, 5) is 11.0. The standard InChI is InChI=1S/C23H37F4N5O4Si2/c1-11(2)37(12(3)4)33-9-15-18(35-38(36-37,13(5)6)14(7)8)16(24)21(34-15)32-10-29-17-19(28)30-22(23(25,26)27)31-20(17)32/h10-16,18,21H,9H2,1-8H3,(H2,28,30,31)/t15-,16+,18-,21-/m1/s1. The lowest BCUT2D eigenvalue weighted by Crippen LogP contribution is -2.65. The van der Waals surface area contributed by atoms with Crippen molar-refractivity contribution >= 4 is 34.1 Å². The van der Waals surface area contributed by atoms with Crippen molar-refractivity contribution in [2.75, 3.05) is 12.3 Å². The van der Waals surface area contributed by atoms with E-state index in [4.69, 9.17) is 23.4 Å². The lowest BCUT2D eigenvalue weighted by molar-refractivity contribution is -0.144. The fourth-order valence-electron chi connectivity index (χ4n) is 5.58. The number of nitrogens with zero attached hydrogens (tertiary/aromatic N) is 4. The topological polar surface area (TPSA) is 107 Å². The number of imidazole rings is 1. The van der Waals surface area contributed by atoms with Crippen molar-refractivity contribution in [2.45, 2.75) is 108 Å². The number of ether oxygens (including phenoxy) is 1. The molecule has 0 spiro atoms. The van der Waals surface area contributed by atoms with Crippen LogP contribution < -0.4 is 5.73 Å². The van der Waals surface area contributed by atoms with Gasteiger partial charge in [0.25, 0.3) is 0 Å². The van der Waals surface area contributed by atoms with E-state index in [0.29, 0.717) is 0 Å². The fourth-order valence-corrected chi connectivity index (χ4v) is 16.8. The lowest BCUT2D eigenvalue weighted by Gasteiger charge is -2.51.